The second-order valence-electron chi connectivity index (χ2n) is 9.18. The first-order valence-electron chi connectivity index (χ1n) is 8.82. The monoisotopic (exact) mass is 363 g/mol. The number of carbonyl (C=O) groups is 1. The van der Waals surface area contributed by atoms with Crippen molar-refractivity contribution in [2.24, 2.45) is 0 Å². The predicted octanol–water partition coefficient (Wildman–Crippen LogP) is 2.54. The molecule has 1 N–H and O–H groups in total. The summed E-state index contributed by atoms with van der Waals surface area (Å²) in [4.78, 5) is 20.8. The van der Waals surface area contributed by atoms with Gasteiger partial charge < -0.3 is 19.4 Å². The van der Waals surface area contributed by atoms with Crippen LogP contribution in [0, 0.1) is 0 Å². The number of hydrogen-bond acceptors (Lipinski definition) is 6. The van der Waals surface area contributed by atoms with Crippen LogP contribution in [0.2, 0.25) is 0 Å². The fourth-order valence-corrected chi connectivity index (χ4v) is 2.38. The zero-order valence-corrected chi connectivity index (χ0v) is 17.3. The Morgan fingerprint density at radius 1 is 1.04 bits per heavy atom. The molecular formula is C18H30BN3O4. The molecule has 1 amide bonds. The highest BCUT2D eigenvalue weighted by atomic mass is 16.7. The van der Waals surface area contributed by atoms with Gasteiger partial charge in [0, 0.05) is 17.9 Å². The molecule has 26 heavy (non-hydrogen) atoms. The van der Waals surface area contributed by atoms with E-state index in [1.807, 2.05) is 62.3 Å². The molecule has 0 bridgehead atoms. The van der Waals surface area contributed by atoms with Crippen LogP contribution in [0.15, 0.2) is 12.4 Å². The molecule has 1 fully saturated rings. The fraction of sp³-hybridized carbons (Fsp3) is 0.722. The third-order valence-electron chi connectivity index (χ3n) is 4.57. The minimum Gasteiger partial charge on any atom is -0.444 e. The lowest BCUT2D eigenvalue weighted by molar-refractivity contribution is 0.00578. The largest absolute Gasteiger partial charge is 0.498 e. The second-order valence-corrected chi connectivity index (χ2v) is 9.18. The number of aromatic nitrogens is 2. The van der Waals surface area contributed by atoms with Crippen molar-refractivity contribution in [3.8, 4) is 0 Å². The minimum absolute atomic E-state index is 0.423. The number of nitrogens with zero attached hydrogens (tertiary/aromatic N) is 2. The quantitative estimate of drug-likeness (QED) is 0.831. The van der Waals surface area contributed by atoms with Crippen molar-refractivity contribution < 1.29 is 18.8 Å². The average molecular weight is 363 g/mol. The van der Waals surface area contributed by atoms with Crippen LogP contribution in [0.1, 0.15) is 68.1 Å². The first-order valence-corrected chi connectivity index (χ1v) is 8.82. The molecule has 2 rings (SSSR count). The Hall–Kier alpha value is -1.67. The van der Waals surface area contributed by atoms with Crippen LogP contribution in [-0.2, 0) is 19.6 Å². The molecule has 0 aliphatic carbocycles. The van der Waals surface area contributed by atoms with Crippen LogP contribution in [0.25, 0.3) is 0 Å². The van der Waals surface area contributed by atoms with Gasteiger partial charge in [0.1, 0.15) is 5.60 Å². The Balaban J connectivity index is 2.10. The number of nitrogens with one attached hydrogen (secondary N) is 1. The van der Waals surface area contributed by atoms with E-state index < -0.39 is 35.6 Å². The maximum atomic E-state index is 12.0. The third kappa shape index (κ3) is 4.54. The van der Waals surface area contributed by atoms with Crippen LogP contribution in [0.5, 0.6) is 0 Å². The van der Waals surface area contributed by atoms with E-state index in [1.54, 1.807) is 12.4 Å². The third-order valence-corrected chi connectivity index (χ3v) is 4.57. The summed E-state index contributed by atoms with van der Waals surface area (Å²) in [6.07, 6.45) is 2.83. The van der Waals surface area contributed by atoms with E-state index in [0.29, 0.717) is 5.82 Å². The van der Waals surface area contributed by atoms with Crippen molar-refractivity contribution in [3.05, 3.63) is 18.2 Å². The number of carbonyl (C=O) groups excluding carboxylic acids is 1. The Morgan fingerprint density at radius 3 is 1.92 bits per heavy atom. The first-order chi connectivity index (χ1) is 11.6. The van der Waals surface area contributed by atoms with E-state index in [1.165, 1.54) is 0 Å². The molecule has 2 heterocycles. The summed E-state index contributed by atoms with van der Waals surface area (Å²) < 4.78 is 17.3. The Kier molecular flexibility index (Phi) is 5.16. The van der Waals surface area contributed by atoms with Crippen LogP contribution in [0.4, 0.5) is 4.79 Å². The van der Waals surface area contributed by atoms with Gasteiger partial charge >= 0.3 is 13.2 Å². The lowest BCUT2D eigenvalue weighted by atomic mass is 9.81. The molecule has 0 saturated carbocycles. The molecule has 1 aliphatic heterocycles. The van der Waals surface area contributed by atoms with E-state index in [0.717, 1.165) is 5.46 Å². The van der Waals surface area contributed by atoms with Crippen molar-refractivity contribution in [3.63, 3.8) is 0 Å². The van der Waals surface area contributed by atoms with Gasteiger partial charge in [-0.05, 0) is 62.3 Å². The Labute approximate surface area is 156 Å². The summed E-state index contributed by atoms with van der Waals surface area (Å²) in [5.74, 6) is 0.476. The highest BCUT2D eigenvalue weighted by molar-refractivity contribution is 6.61. The molecule has 0 spiro atoms. The smallest absolute Gasteiger partial charge is 0.444 e. The Morgan fingerprint density at radius 2 is 1.50 bits per heavy atom. The molecule has 1 aromatic heterocycles. The molecule has 1 saturated heterocycles. The molecular weight excluding hydrogens is 333 g/mol. The van der Waals surface area contributed by atoms with Crippen LogP contribution >= 0.6 is 0 Å². The molecule has 1 aromatic rings. The zero-order chi connectivity index (χ0) is 20.0. The summed E-state index contributed by atoms with van der Waals surface area (Å²) in [5, 5.41) is 2.80. The fourth-order valence-electron chi connectivity index (χ4n) is 2.38. The van der Waals surface area contributed by atoms with Gasteiger partial charge in [-0.25, -0.2) is 14.8 Å². The summed E-state index contributed by atoms with van der Waals surface area (Å²) in [6.45, 7) is 17.1. The van der Waals surface area contributed by atoms with Crippen molar-refractivity contribution >= 4 is 18.7 Å². The normalized spacial score (nSPS) is 19.3. The number of ether oxygens (including phenoxy) is 1. The van der Waals surface area contributed by atoms with Crippen molar-refractivity contribution in [2.75, 3.05) is 0 Å². The van der Waals surface area contributed by atoms with E-state index in [2.05, 4.69) is 15.3 Å². The number of hydrogen-bond donors (Lipinski definition) is 1. The number of rotatable bonds is 3. The summed E-state index contributed by atoms with van der Waals surface area (Å²) >= 11 is 0. The predicted molar refractivity (Wildman–Crippen MR) is 100 cm³/mol. The Bertz CT molecular complexity index is 650. The standard InChI is InChI=1S/C18H30BN3O4/c1-15(2,3)24-14(23)22-16(4,5)13-20-10-12(11-21-13)19-25-17(6,7)18(8,9)26-19/h10-11H,1-9H3,(H,22,23). The topological polar surface area (TPSA) is 82.6 Å². The van der Waals surface area contributed by atoms with Gasteiger partial charge in [-0.15, -0.1) is 0 Å². The maximum Gasteiger partial charge on any atom is 0.498 e. The molecule has 0 radical (unpaired) electrons. The van der Waals surface area contributed by atoms with Crippen LogP contribution in [0.3, 0.4) is 0 Å². The summed E-state index contributed by atoms with van der Waals surface area (Å²) in [7, 11) is -0.518. The highest BCUT2D eigenvalue weighted by Crippen LogP contribution is 2.36. The van der Waals surface area contributed by atoms with Gasteiger partial charge in [-0.3, -0.25) is 0 Å². The van der Waals surface area contributed by atoms with Gasteiger partial charge in [0.25, 0.3) is 0 Å². The van der Waals surface area contributed by atoms with Gasteiger partial charge in [0.2, 0.25) is 0 Å². The van der Waals surface area contributed by atoms with E-state index in [-0.39, 0.29) is 0 Å². The summed E-state index contributed by atoms with van der Waals surface area (Å²) in [6, 6.07) is 0. The van der Waals surface area contributed by atoms with Gasteiger partial charge in [0.15, 0.2) is 5.82 Å². The van der Waals surface area contributed by atoms with E-state index in [4.69, 9.17) is 14.0 Å². The molecule has 7 nitrogen and oxygen atoms in total. The average Bonchev–Trinajstić information content (AvgIpc) is 2.65. The van der Waals surface area contributed by atoms with Gasteiger partial charge in [-0.2, -0.15) is 0 Å². The molecule has 1 aliphatic rings. The van der Waals surface area contributed by atoms with Crippen molar-refractivity contribution in [2.45, 2.75) is 84.7 Å². The molecule has 0 aromatic carbocycles. The van der Waals surface area contributed by atoms with Gasteiger partial charge in [0.05, 0.1) is 16.7 Å². The summed E-state index contributed by atoms with van der Waals surface area (Å²) in [5.41, 5.74) is -1.46. The second kappa shape index (κ2) is 6.49. The number of alkyl carbamates (subject to hydrolysis) is 1. The lowest BCUT2D eigenvalue weighted by Crippen LogP contribution is -2.45. The highest BCUT2D eigenvalue weighted by Gasteiger charge is 2.52. The minimum atomic E-state index is -0.781. The van der Waals surface area contributed by atoms with Gasteiger partial charge in [-0.1, -0.05) is 0 Å². The van der Waals surface area contributed by atoms with Crippen molar-refractivity contribution in [1.29, 1.82) is 0 Å². The van der Waals surface area contributed by atoms with E-state index in [9.17, 15) is 4.79 Å². The maximum absolute atomic E-state index is 12.0. The number of amides is 1. The lowest BCUT2D eigenvalue weighted by Gasteiger charge is -2.32. The van der Waals surface area contributed by atoms with Crippen LogP contribution in [-0.4, -0.2) is 40.0 Å². The molecule has 0 unspecified atom stereocenters. The zero-order valence-electron chi connectivity index (χ0n) is 17.3. The molecule has 144 valence electrons. The SMILES string of the molecule is CC(C)(C)OC(=O)NC(C)(C)c1ncc(B2OC(C)(C)C(C)(C)O2)cn1. The molecule has 8 heteroatoms. The van der Waals surface area contributed by atoms with Crippen LogP contribution < -0.4 is 10.8 Å². The molecule has 0 atom stereocenters. The van der Waals surface area contributed by atoms with Crippen molar-refractivity contribution in [1.82, 2.24) is 15.3 Å². The van der Waals surface area contributed by atoms with E-state index >= 15 is 0 Å². The first kappa shape index (κ1) is 20.6.